The van der Waals surface area contributed by atoms with E-state index in [0.717, 1.165) is 5.56 Å². The molecular formula is C30H27BrN2O. The van der Waals surface area contributed by atoms with E-state index in [2.05, 4.69) is 88.8 Å². The molecule has 0 amide bonds. The SMILES string of the molecule is Br.O=C(CN1C=CN(C(c2ccccc2)c2ccc(-c3ccccc3)cc2)C1)c1ccccc1. The van der Waals surface area contributed by atoms with Crippen LogP contribution in [0.3, 0.4) is 0 Å². The smallest absolute Gasteiger partial charge is 0.182 e. The predicted octanol–water partition coefficient (Wildman–Crippen LogP) is 6.95. The van der Waals surface area contributed by atoms with Crippen LogP contribution in [0.25, 0.3) is 11.1 Å². The van der Waals surface area contributed by atoms with Gasteiger partial charge in [0.2, 0.25) is 0 Å². The molecule has 0 spiro atoms. The van der Waals surface area contributed by atoms with Crippen molar-refractivity contribution in [1.82, 2.24) is 9.80 Å². The summed E-state index contributed by atoms with van der Waals surface area (Å²) in [5.41, 5.74) is 5.62. The van der Waals surface area contributed by atoms with Crippen molar-refractivity contribution in [1.29, 1.82) is 0 Å². The van der Waals surface area contributed by atoms with Crippen LogP contribution < -0.4 is 0 Å². The number of hydrogen-bond donors (Lipinski definition) is 0. The van der Waals surface area contributed by atoms with E-state index in [0.29, 0.717) is 13.2 Å². The zero-order valence-electron chi connectivity index (χ0n) is 18.8. The number of carbonyl (C=O) groups excluding carboxylic acids is 1. The van der Waals surface area contributed by atoms with Crippen molar-refractivity contribution in [3.05, 3.63) is 144 Å². The quantitative estimate of drug-likeness (QED) is 0.251. The minimum atomic E-state index is 0. The first-order valence-corrected chi connectivity index (χ1v) is 11.2. The van der Waals surface area contributed by atoms with Crippen LogP contribution in [-0.4, -0.2) is 28.8 Å². The fourth-order valence-electron chi connectivity index (χ4n) is 4.35. The van der Waals surface area contributed by atoms with Crippen LogP contribution in [0.1, 0.15) is 27.5 Å². The van der Waals surface area contributed by atoms with E-state index in [1.165, 1.54) is 22.3 Å². The average Bonchev–Trinajstić information content (AvgIpc) is 3.34. The maximum atomic E-state index is 12.7. The number of benzene rings is 4. The molecule has 0 radical (unpaired) electrons. The van der Waals surface area contributed by atoms with E-state index >= 15 is 0 Å². The minimum Gasteiger partial charge on any atom is -0.351 e. The lowest BCUT2D eigenvalue weighted by atomic mass is 9.95. The third-order valence-corrected chi connectivity index (χ3v) is 6.04. The van der Waals surface area contributed by atoms with Crippen molar-refractivity contribution in [2.24, 2.45) is 0 Å². The average molecular weight is 511 g/mol. The molecule has 1 aliphatic rings. The van der Waals surface area contributed by atoms with Crippen LogP contribution in [0, 0.1) is 0 Å². The molecule has 0 N–H and O–H groups in total. The Labute approximate surface area is 211 Å². The summed E-state index contributed by atoms with van der Waals surface area (Å²) < 4.78 is 0. The lowest BCUT2D eigenvalue weighted by Gasteiger charge is -2.30. The first-order valence-electron chi connectivity index (χ1n) is 11.2. The number of Topliss-reactive ketones (excluding diaryl/α,β-unsaturated/α-hetero) is 1. The molecular weight excluding hydrogens is 484 g/mol. The Hall–Kier alpha value is -3.63. The molecule has 1 atom stereocenters. The Morgan fingerprint density at radius 1 is 0.647 bits per heavy atom. The minimum absolute atomic E-state index is 0. The fourth-order valence-corrected chi connectivity index (χ4v) is 4.35. The van der Waals surface area contributed by atoms with Gasteiger partial charge in [-0.3, -0.25) is 4.79 Å². The fraction of sp³-hybridized carbons (Fsp3) is 0.100. The highest BCUT2D eigenvalue weighted by Crippen LogP contribution is 2.32. The summed E-state index contributed by atoms with van der Waals surface area (Å²) in [6.07, 6.45) is 4.12. The van der Waals surface area contributed by atoms with Gasteiger partial charge in [-0.15, -0.1) is 17.0 Å². The van der Waals surface area contributed by atoms with Crippen molar-refractivity contribution in [2.45, 2.75) is 6.04 Å². The highest BCUT2D eigenvalue weighted by Gasteiger charge is 2.25. The van der Waals surface area contributed by atoms with E-state index in [9.17, 15) is 4.79 Å². The number of hydrogen-bond acceptors (Lipinski definition) is 3. The third kappa shape index (κ3) is 5.29. The molecule has 1 aliphatic heterocycles. The Kier molecular flexibility index (Phi) is 7.61. The monoisotopic (exact) mass is 510 g/mol. The number of rotatable bonds is 7. The van der Waals surface area contributed by atoms with Crippen molar-refractivity contribution >= 4 is 22.8 Å². The lowest BCUT2D eigenvalue weighted by molar-refractivity contribution is 0.0941. The summed E-state index contributed by atoms with van der Waals surface area (Å²) >= 11 is 0. The van der Waals surface area contributed by atoms with E-state index in [1.54, 1.807) is 0 Å². The summed E-state index contributed by atoms with van der Waals surface area (Å²) in [6, 6.07) is 39.4. The first-order chi connectivity index (χ1) is 16.3. The first kappa shape index (κ1) is 23.5. The standard InChI is InChI=1S/C30H26N2O.BrH/c33-29(26-12-6-2-7-13-26)22-31-20-21-32(23-31)30(27-14-8-3-9-15-27)28-18-16-25(17-19-28)24-10-4-1-5-11-24;/h1-21,30H,22-23H2;1H. The van der Waals surface area contributed by atoms with Gasteiger partial charge in [0.05, 0.1) is 19.3 Å². The maximum Gasteiger partial charge on any atom is 0.182 e. The van der Waals surface area contributed by atoms with E-state index in [1.807, 2.05) is 48.7 Å². The topological polar surface area (TPSA) is 23.6 Å². The Bertz CT molecular complexity index is 1230. The molecule has 0 bridgehead atoms. The number of halogens is 1. The van der Waals surface area contributed by atoms with Crippen molar-refractivity contribution in [3.8, 4) is 11.1 Å². The van der Waals surface area contributed by atoms with Crippen LogP contribution in [0.5, 0.6) is 0 Å². The zero-order valence-corrected chi connectivity index (χ0v) is 20.5. The Balaban J connectivity index is 0.00000274. The van der Waals surface area contributed by atoms with Gasteiger partial charge in [0.1, 0.15) is 0 Å². The van der Waals surface area contributed by atoms with Crippen molar-refractivity contribution < 1.29 is 4.79 Å². The second-order valence-corrected chi connectivity index (χ2v) is 8.29. The second-order valence-electron chi connectivity index (χ2n) is 8.29. The molecule has 3 nitrogen and oxygen atoms in total. The van der Waals surface area contributed by atoms with Crippen molar-refractivity contribution in [2.75, 3.05) is 13.2 Å². The van der Waals surface area contributed by atoms with E-state index in [4.69, 9.17) is 0 Å². The van der Waals surface area contributed by atoms with Gasteiger partial charge in [0.15, 0.2) is 5.78 Å². The van der Waals surface area contributed by atoms with E-state index in [-0.39, 0.29) is 28.8 Å². The van der Waals surface area contributed by atoms with Gasteiger partial charge in [0.25, 0.3) is 0 Å². The van der Waals surface area contributed by atoms with E-state index < -0.39 is 0 Å². The summed E-state index contributed by atoms with van der Waals surface area (Å²) in [4.78, 5) is 17.1. The van der Waals surface area contributed by atoms with Gasteiger partial charge in [0, 0.05) is 18.0 Å². The van der Waals surface area contributed by atoms with Crippen LogP contribution >= 0.6 is 17.0 Å². The highest BCUT2D eigenvalue weighted by molar-refractivity contribution is 8.93. The Morgan fingerprint density at radius 2 is 1.18 bits per heavy atom. The molecule has 4 heteroatoms. The second kappa shape index (κ2) is 11.0. The van der Waals surface area contributed by atoms with Gasteiger partial charge < -0.3 is 9.80 Å². The van der Waals surface area contributed by atoms with Crippen molar-refractivity contribution in [3.63, 3.8) is 0 Å². The van der Waals surface area contributed by atoms with Gasteiger partial charge in [-0.2, -0.15) is 0 Å². The number of carbonyl (C=O) groups is 1. The molecule has 0 fully saturated rings. The molecule has 170 valence electrons. The van der Waals surface area contributed by atoms with Gasteiger partial charge in [-0.1, -0.05) is 115 Å². The van der Waals surface area contributed by atoms with Crippen LogP contribution in [0.4, 0.5) is 0 Å². The van der Waals surface area contributed by atoms with Gasteiger partial charge in [-0.25, -0.2) is 0 Å². The van der Waals surface area contributed by atoms with Gasteiger partial charge >= 0.3 is 0 Å². The molecule has 4 aromatic carbocycles. The van der Waals surface area contributed by atoms with Gasteiger partial charge in [-0.05, 0) is 22.3 Å². The molecule has 0 saturated heterocycles. The molecule has 5 rings (SSSR count). The molecule has 0 saturated carbocycles. The molecule has 1 unspecified atom stereocenters. The summed E-state index contributed by atoms with van der Waals surface area (Å²) in [5, 5.41) is 0. The molecule has 4 aromatic rings. The largest absolute Gasteiger partial charge is 0.351 e. The summed E-state index contributed by atoms with van der Waals surface area (Å²) in [6.45, 7) is 1.03. The Morgan fingerprint density at radius 3 is 1.82 bits per heavy atom. The molecule has 34 heavy (non-hydrogen) atoms. The summed E-state index contributed by atoms with van der Waals surface area (Å²) in [5.74, 6) is 0.130. The number of nitrogens with zero attached hydrogens (tertiary/aromatic N) is 2. The normalized spacial score (nSPS) is 13.4. The zero-order chi connectivity index (χ0) is 22.5. The maximum absolute atomic E-state index is 12.7. The predicted molar refractivity (Wildman–Crippen MR) is 144 cm³/mol. The highest BCUT2D eigenvalue weighted by atomic mass is 79.9. The molecule has 1 heterocycles. The molecule has 0 aliphatic carbocycles. The van der Waals surface area contributed by atoms with Crippen LogP contribution in [0.2, 0.25) is 0 Å². The summed E-state index contributed by atoms with van der Waals surface area (Å²) in [7, 11) is 0. The lowest BCUT2D eigenvalue weighted by Crippen LogP contribution is -2.32. The van der Waals surface area contributed by atoms with Crippen LogP contribution in [0.15, 0.2) is 128 Å². The molecule has 0 aromatic heterocycles. The third-order valence-electron chi connectivity index (χ3n) is 6.04. The number of ketones is 1. The van der Waals surface area contributed by atoms with Crippen LogP contribution in [-0.2, 0) is 0 Å².